The van der Waals surface area contributed by atoms with E-state index in [0.717, 1.165) is 0 Å². The van der Waals surface area contributed by atoms with Crippen molar-refractivity contribution < 1.29 is 19.8 Å². The third-order valence-electron chi connectivity index (χ3n) is 3.38. The highest BCUT2D eigenvalue weighted by molar-refractivity contribution is 5.85. The van der Waals surface area contributed by atoms with Gasteiger partial charge in [0.15, 0.2) is 0 Å². The van der Waals surface area contributed by atoms with Gasteiger partial charge in [-0.3, -0.25) is 9.59 Å². The molecule has 0 unspecified atom stereocenters. The van der Waals surface area contributed by atoms with Crippen LogP contribution in [-0.2, 0) is 9.59 Å². The van der Waals surface area contributed by atoms with Gasteiger partial charge in [0.25, 0.3) is 0 Å². The highest BCUT2D eigenvalue weighted by Gasteiger charge is 2.37. The van der Waals surface area contributed by atoms with Gasteiger partial charge in [0.2, 0.25) is 5.91 Å². The van der Waals surface area contributed by atoms with E-state index in [9.17, 15) is 14.7 Å². The van der Waals surface area contributed by atoms with Gasteiger partial charge in [-0.25, -0.2) is 0 Å². The fourth-order valence-corrected chi connectivity index (χ4v) is 1.74. The maximum absolute atomic E-state index is 11.7. The summed E-state index contributed by atoms with van der Waals surface area (Å²) in [5.41, 5.74) is -0.988. The normalized spacial score (nSPS) is 13.2. The summed E-state index contributed by atoms with van der Waals surface area (Å²) in [7, 11) is 0. The van der Waals surface area contributed by atoms with E-state index < -0.39 is 11.4 Å². The molecule has 0 bridgehead atoms. The monoisotopic (exact) mass is 245 g/mol. The summed E-state index contributed by atoms with van der Waals surface area (Å²) in [6, 6.07) is -0.289. The van der Waals surface area contributed by atoms with Crippen molar-refractivity contribution >= 4 is 11.9 Å². The number of aliphatic hydroxyl groups excluding tert-OH is 1. The van der Waals surface area contributed by atoms with E-state index in [4.69, 9.17) is 5.11 Å². The number of carbonyl (C=O) groups excluding carboxylic acids is 1. The highest BCUT2D eigenvalue weighted by Crippen LogP contribution is 2.30. The minimum atomic E-state index is -0.988. The molecule has 0 aliphatic heterocycles. The van der Waals surface area contributed by atoms with Gasteiger partial charge in [-0.05, 0) is 19.3 Å². The average Bonchev–Trinajstić information content (AvgIpc) is 2.32. The molecule has 17 heavy (non-hydrogen) atoms. The molecule has 0 aliphatic carbocycles. The number of carbonyl (C=O) groups is 2. The zero-order valence-corrected chi connectivity index (χ0v) is 10.8. The Hall–Kier alpha value is -1.10. The van der Waals surface area contributed by atoms with Crippen molar-refractivity contribution in [1.29, 1.82) is 0 Å². The molecule has 0 heterocycles. The predicted octanol–water partition coefficient (Wildman–Crippen LogP) is 1.15. The summed E-state index contributed by atoms with van der Waals surface area (Å²) in [6.07, 6.45) is 1.43. The molecule has 1 amide bonds. The minimum Gasteiger partial charge on any atom is -0.481 e. The number of nitrogens with one attached hydrogen (secondary N) is 1. The molecule has 5 nitrogen and oxygen atoms in total. The van der Waals surface area contributed by atoms with E-state index in [1.54, 1.807) is 13.8 Å². The lowest BCUT2D eigenvalue weighted by Gasteiger charge is -2.26. The van der Waals surface area contributed by atoms with Crippen LogP contribution in [0.3, 0.4) is 0 Å². The van der Waals surface area contributed by atoms with Gasteiger partial charge in [0, 0.05) is 6.42 Å². The molecule has 3 N–H and O–H groups in total. The Bertz CT molecular complexity index is 257. The average molecular weight is 245 g/mol. The molecule has 0 aromatic rings. The van der Waals surface area contributed by atoms with E-state index in [0.29, 0.717) is 19.3 Å². The van der Waals surface area contributed by atoms with Crippen molar-refractivity contribution in [3.63, 3.8) is 0 Å². The van der Waals surface area contributed by atoms with Crippen LogP contribution in [0.4, 0.5) is 0 Å². The third-order valence-corrected chi connectivity index (χ3v) is 3.38. The second-order valence-electron chi connectivity index (χ2n) is 4.32. The van der Waals surface area contributed by atoms with Gasteiger partial charge in [-0.15, -0.1) is 0 Å². The number of aliphatic carboxylic acids is 1. The molecule has 0 rings (SSSR count). The summed E-state index contributed by atoms with van der Waals surface area (Å²) in [5, 5.41) is 20.8. The van der Waals surface area contributed by atoms with Crippen LogP contribution in [0.15, 0.2) is 0 Å². The largest absolute Gasteiger partial charge is 0.481 e. The van der Waals surface area contributed by atoms with Gasteiger partial charge in [-0.2, -0.15) is 0 Å². The molecule has 100 valence electrons. The molecule has 1 atom stereocenters. The van der Waals surface area contributed by atoms with Crippen molar-refractivity contribution in [2.45, 2.75) is 52.5 Å². The van der Waals surface area contributed by atoms with E-state index >= 15 is 0 Å². The number of hydrogen-bond donors (Lipinski definition) is 3. The van der Waals surface area contributed by atoms with Crippen LogP contribution in [0.5, 0.6) is 0 Å². The van der Waals surface area contributed by atoms with Crippen molar-refractivity contribution in [2.24, 2.45) is 5.41 Å². The third kappa shape index (κ3) is 4.34. The first-order valence-corrected chi connectivity index (χ1v) is 6.09. The van der Waals surface area contributed by atoms with Gasteiger partial charge >= 0.3 is 5.97 Å². The summed E-state index contributed by atoms with van der Waals surface area (Å²) in [6.45, 7) is 5.27. The number of amides is 1. The summed E-state index contributed by atoms with van der Waals surface area (Å²) in [5.74, 6) is -1.24. The molecular formula is C12H23NO4. The molecule has 0 spiro atoms. The Labute approximate surface area is 102 Å². The quantitative estimate of drug-likeness (QED) is 0.599. The predicted molar refractivity (Wildman–Crippen MR) is 64.6 cm³/mol. The first-order chi connectivity index (χ1) is 7.95. The van der Waals surface area contributed by atoms with Crippen LogP contribution in [-0.4, -0.2) is 34.7 Å². The highest BCUT2D eigenvalue weighted by atomic mass is 16.4. The van der Waals surface area contributed by atoms with Crippen LogP contribution >= 0.6 is 0 Å². The molecule has 0 fully saturated rings. The molecular weight excluding hydrogens is 222 g/mol. The van der Waals surface area contributed by atoms with Gasteiger partial charge in [0.05, 0.1) is 18.1 Å². The summed E-state index contributed by atoms with van der Waals surface area (Å²) < 4.78 is 0. The van der Waals surface area contributed by atoms with Crippen LogP contribution in [0, 0.1) is 5.41 Å². The van der Waals surface area contributed by atoms with Crippen molar-refractivity contribution in [3.05, 3.63) is 0 Å². The Balaban J connectivity index is 4.57. The Morgan fingerprint density at radius 2 is 1.76 bits per heavy atom. The Morgan fingerprint density at radius 1 is 1.24 bits per heavy atom. The van der Waals surface area contributed by atoms with Gasteiger partial charge < -0.3 is 15.5 Å². The fourth-order valence-electron chi connectivity index (χ4n) is 1.74. The Kier molecular flexibility index (Phi) is 6.80. The van der Waals surface area contributed by atoms with E-state index in [2.05, 4.69) is 5.32 Å². The Morgan fingerprint density at radius 3 is 2.06 bits per heavy atom. The lowest BCUT2D eigenvalue weighted by atomic mass is 9.79. The molecule has 0 radical (unpaired) electrons. The number of rotatable bonds is 8. The number of carboxylic acids is 1. The molecule has 0 saturated carbocycles. The van der Waals surface area contributed by atoms with Crippen molar-refractivity contribution in [1.82, 2.24) is 5.32 Å². The summed E-state index contributed by atoms with van der Waals surface area (Å²) >= 11 is 0. The zero-order chi connectivity index (χ0) is 13.5. The number of hydrogen-bond acceptors (Lipinski definition) is 3. The molecule has 5 heteroatoms. The maximum Gasteiger partial charge on any atom is 0.310 e. The topological polar surface area (TPSA) is 86.6 Å². The van der Waals surface area contributed by atoms with E-state index in [1.165, 1.54) is 0 Å². The van der Waals surface area contributed by atoms with E-state index in [-0.39, 0.29) is 25.0 Å². The molecule has 0 saturated heterocycles. The van der Waals surface area contributed by atoms with Crippen LogP contribution in [0.25, 0.3) is 0 Å². The molecule has 0 aromatic heterocycles. The number of aliphatic hydroxyl groups is 1. The lowest BCUT2D eigenvalue weighted by Crippen LogP contribution is -2.42. The van der Waals surface area contributed by atoms with Gasteiger partial charge in [0.1, 0.15) is 0 Å². The van der Waals surface area contributed by atoms with Crippen molar-refractivity contribution in [2.75, 3.05) is 6.61 Å². The molecule has 0 aromatic carbocycles. The number of carboxylic acid groups (broad SMARTS) is 1. The fraction of sp³-hybridized carbons (Fsp3) is 0.833. The van der Waals surface area contributed by atoms with Crippen LogP contribution < -0.4 is 5.32 Å². The van der Waals surface area contributed by atoms with Gasteiger partial charge in [-0.1, -0.05) is 20.8 Å². The van der Waals surface area contributed by atoms with Crippen molar-refractivity contribution in [3.8, 4) is 0 Å². The van der Waals surface area contributed by atoms with Crippen LogP contribution in [0.1, 0.15) is 46.5 Å². The zero-order valence-electron chi connectivity index (χ0n) is 10.8. The maximum atomic E-state index is 11.7. The standard InChI is InChI=1S/C12H23NO4/c1-4-9(8-14)13-10(15)7-12(5-2,6-3)11(16)17/h9,14H,4-8H2,1-3H3,(H,13,15)(H,16,17)/t9-/m0/s1. The van der Waals surface area contributed by atoms with Crippen LogP contribution in [0.2, 0.25) is 0 Å². The molecule has 0 aliphatic rings. The first kappa shape index (κ1) is 15.9. The first-order valence-electron chi connectivity index (χ1n) is 6.09. The smallest absolute Gasteiger partial charge is 0.310 e. The second kappa shape index (κ2) is 7.27. The SMILES string of the molecule is CC[C@@H](CO)NC(=O)CC(CC)(CC)C(=O)O. The second-order valence-corrected chi connectivity index (χ2v) is 4.32. The van der Waals surface area contributed by atoms with E-state index in [1.807, 2.05) is 6.92 Å². The lowest BCUT2D eigenvalue weighted by molar-refractivity contribution is -0.152. The summed E-state index contributed by atoms with van der Waals surface area (Å²) in [4.78, 5) is 22.9. The minimum absolute atomic E-state index is 0.0359.